The minimum absolute atomic E-state index is 0.675. The number of rotatable bonds is 2. The Labute approximate surface area is 97.7 Å². The van der Waals surface area contributed by atoms with E-state index in [9.17, 15) is 0 Å². The van der Waals surface area contributed by atoms with Gasteiger partial charge in [-0.1, -0.05) is 19.9 Å². The van der Waals surface area contributed by atoms with Gasteiger partial charge in [0.25, 0.3) is 0 Å². The van der Waals surface area contributed by atoms with Crippen molar-refractivity contribution in [3.8, 4) is 0 Å². The first-order chi connectivity index (χ1) is 7.66. The lowest BCUT2D eigenvalue weighted by atomic mass is 9.88. The highest BCUT2D eigenvalue weighted by Gasteiger charge is 2.22. The summed E-state index contributed by atoms with van der Waals surface area (Å²) in [5.74, 6) is 2.31. The van der Waals surface area contributed by atoms with Crippen LogP contribution in [0, 0.1) is 11.8 Å². The summed E-state index contributed by atoms with van der Waals surface area (Å²) in [6, 6.07) is 4.03. The SMILES string of the molecule is CC1CCN(Cc2cccnc2N)CC1C. The van der Waals surface area contributed by atoms with Crippen LogP contribution in [-0.2, 0) is 6.54 Å². The summed E-state index contributed by atoms with van der Waals surface area (Å²) in [7, 11) is 0. The molecule has 1 saturated heterocycles. The lowest BCUT2D eigenvalue weighted by Gasteiger charge is -2.35. The maximum Gasteiger partial charge on any atom is 0.127 e. The lowest BCUT2D eigenvalue weighted by molar-refractivity contribution is 0.132. The van der Waals surface area contributed by atoms with Crippen molar-refractivity contribution in [3.63, 3.8) is 0 Å². The molecule has 2 unspecified atom stereocenters. The van der Waals surface area contributed by atoms with Crippen LogP contribution < -0.4 is 5.73 Å². The van der Waals surface area contributed by atoms with Crippen molar-refractivity contribution >= 4 is 5.82 Å². The molecule has 2 rings (SSSR count). The summed E-state index contributed by atoms with van der Waals surface area (Å²) < 4.78 is 0. The zero-order chi connectivity index (χ0) is 11.5. The molecule has 16 heavy (non-hydrogen) atoms. The van der Waals surface area contributed by atoms with Gasteiger partial charge in [0.15, 0.2) is 0 Å². The normalized spacial score (nSPS) is 26.9. The molecule has 0 amide bonds. The van der Waals surface area contributed by atoms with E-state index in [0.717, 1.165) is 23.9 Å². The minimum Gasteiger partial charge on any atom is -0.383 e. The van der Waals surface area contributed by atoms with Gasteiger partial charge in [-0.25, -0.2) is 4.98 Å². The Morgan fingerprint density at radius 3 is 2.94 bits per heavy atom. The molecular weight excluding hydrogens is 198 g/mol. The van der Waals surface area contributed by atoms with E-state index in [0.29, 0.717) is 5.82 Å². The Morgan fingerprint density at radius 1 is 1.44 bits per heavy atom. The molecule has 0 aliphatic carbocycles. The highest BCUT2D eigenvalue weighted by Crippen LogP contribution is 2.24. The molecule has 88 valence electrons. The number of likely N-dealkylation sites (tertiary alicyclic amines) is 1. The van der Waals surface area contributed by atoms with Gasteiger partial charge in [0.1, 0.15) is 5.82 Å². The second kappa shape index (κ2) is 4.83. The van der Waals surface area contributed by atoms with Crippen LogP contribution in [0.15, 0.2) is 18.3 Å². The number of piperidine rings is 1. The van der Waals surface area contributed by atoms with Crippen molar-refractivity contribution in [2.45, 2.75) is 26.8 Å². The average Bonchev–Trinajstić information content (AvgIpc) is 2.27. The van der Waals surface area contributed by atoms with Gasteiger partial charge in [-0.15, -0.1) is 0 Å². The third kappa shape index (κ3) is 2.53. The summed E-state index contributed by atoms with van der Waals surface area (Å²) in [5, 5.41) is 0. The zero-order valence-electron chi connectivity index (χ0n) is 10.2. The van der Waals surface area contributed by atoms with Gasteiger partial charge in [0.05, 0.1) is 0 Å². The van der Waals surface area contributed by atoms with Gasteiger partial charge in [-0.05, 0) is 30.9 Å². The second-order valence-electron chi connectivity index (χ2n) is 5.03. The van der Waals surface area contributed by atoms with Crippen LogP contribution in [0.1, 0.15) is 25.8 Å². The monoisotopic (exact) mass is 219 g/mol. The van der Waals surface area contributed by atoms with E-state index in [1.165, 1.54) is 19.5 Å². The number of anilines is 1. The van der Waals surface area contributed by atoms with Gasteiger partial charge >= 0.3 is 0 Å². The summed E-state index contributed by atoms with van der Waals surface area (Å²) in [6.45, 7) is 7.98. The van der Waals surface area contributed by atoms with Crippen molar-refractivity contribution < 1.29 is 0 Å². The molecule has 1 aliphatic rings. The Hall–Kier alpha value is -1.09. The molecule has 0 radical (unpaired) electrons. The summed E-state index contributed by atoms with van der Waals surface area (Å²) >= 11 is 0. The molecule has 2 atom stereocenters. The third-order valence-corrected chi connectivity index (χ3v) is 3.74. The van der Waals surface area contributed by atoms with Crippen molar-refractivity contribution in [1.29, 1.82) is 0 Å². The van der Waals surface area contributed by atoms with Crippen molar-refractivity contribution in [2.24, 2.45) is 11.8 Å². The Balaban J connectivity index is 1.98. The molecule has 3 nitrogen and oxygen atoms in total. The number of nitrogens with two attached hydrogens (primary N) is 1. The maximum absolute atomic E-state index is 5.86. The minimum atomic E-state index is 0.675. The van der Waals surface area contributed by atoms with Crippen molar-refractivity contribution in [3.05, 3.63) is 23.9 Å². The number of nitrogens with zero attached hydrogens (tertiary/aromatic N) is 2. The topological polar surface area (TPSA) is 42.2 Å². The molecule has 1 aromatic rings. The molecule has 1 fully saturated rings. The van der Waals surface area contributed by atoms with Crippen LogP contribution in [0.25, 0.3) is 0 Å². The molecule has 0 saturated carbocycles. The molecule has 2 heterocycles. The molecule has 1 aliphatic heterocycles. The van der Waals surface area contributed by atoms with E-state index in [-0.39, 0.29) is 0 Å². The highest BCUT2D eigenvalue weighted by molar-refractivity contribution is 5.38. The molecule has 0 spiro atoms. The smallest absolute Gasteiger partial charge is 0.127 e. The number of hydrogen-bond donors (Lipinski definition) is 1. The first-order valence-electron chi connectivity index (χ1n) is 6.08. The van der Waals surface area contributed by atoms with Gasteiger partial charge in [0, 0.05) is 24.8 Å². The standard InChI is InChI=1S/C13H21N3/c1-10-5-7-16(8-11(10)2)9-12-4-3-6-15-13(12)14/h3-4,6,10-11H,5,7-9H2,1-2H3,(H2,14,15). The molecule has 3 heteroatoms. The van der Waals surface area contributed by atoms with Gasteiger partial charge in [-0.3, -0.25) is 4.90 Å². The third-order valence-electron chi connectivity index (χ3n) is 3.74. The van der Waals surface area contributed by atoms with Crippen LogP contribution in [0.5, 0.6) is 0 Å². The largest absolute Gasteiger partial charge is 0.383 e. The van der Waals surface area contributed by atoms with E-state index in [2.05, 4.69) is 29.8 Å². The molecule has 2 N–H and O–H groups in total. The fraction of sp³-hybridized carbons (Fsp3) is 0.615. The predicted octanol–water partition coefficient (Wildman–Crippen LogP) is 2.14. The lowest BCUT2D eigenvalue weighted by Crippen LogP contribution is -2.38. The fourth-order valence-electron chi connectivity index (χ4n) is 2.32. The number of pyridine rings is 1. The maximum atomic E-state index is 5.86. The Morgan fingerprint density at radius 2 is 2.25 bits per heavy atom. The Bertz CT molecular complexity index is 351. The van der Waals surface area contributed by atoms with Crippen LogP contribution in [-0.4, -0.2) is 23.0 Å². The van der Waals surface area contributed by atoms with Crippen LogP contribution in [0.4, 0.5) is 5.82 Å². The first-order valence-corrected chi connectivity index (χ1v) is 6.08. The first kappa shape index (κ1) is 11.4. The second-order valence-corrected chi connectivity index (χ2v) is 5.03. The van der Waals surface area contributed by atoms with Gasteiger partial charge in [-0.2, -0.15) is 0 Å². The molecular formula is C13H21N3. The molecule has 0 bridgehead atoms. The van der Waals surface area contributed by atoms with E-state index in [4.69, 9.17) is 5.73 Å². The van der Waals surface area contributed by atoms with Crippen LogP contribution >= 0.6 is 0 Å². The number of nitrogen functional groups attached to an aromatic ring is 1. The number of aromatic nitrogens is 1. The summed E-state index contributed by atoms with van der Waals surface area (Å²) in [6.07, 6.45) is 3.04. The van der Waals surface area contributed by atoms with Gasteiger partial charge < -0.3 is 5.73 Å². The van der Waals surface area contributed by atoms with Crippen LogP contribution in [0.3, 0.4) is 0 Å². The molecule has 1 aromatic heterocycles. The van der Waals surface area contributed by atoms with Crippen LogP contribution in [0.2, 0.25) is 0 Å². The highest BCUT2D eigenvalue weighted by atomic mass is 15.1. The van der Waals surface area contributed by atoms with E-state index in [1.807, 2.05) is 6.07 Å². The fourth-order valence-corrected chi connectivity index (χ4v) is 2.32. The quantitative estimate of drug-likeness (QED) is 0.828. The summed E-state index contributed by atoms with van der Waals surface area (Å²) in [5.41, 5.74) is 7.02. The zero-order valence-corrected chi connectivity index (χ0v) is 10.2. The summed E-state index contributed by atoms with van der Waals surface area (Å²) in [4.78, 5) is 6.61. The van der Waals surface area contributed by atoms with Crippen molar-refractivity contribution in [1.82, 2.24) is 9.88 Å². The van der Waals surface area contributed by atoms with Crippen molar-refractivity contribution in [2.75, 3.05) is 18.8 Å². The average molecular weight is 219 g/mol. The van der Waals surface area contributed by atoms with Gasteiger partial charge in [0.2, 0.25) is 0 Å². The number of hydrogen-bond acceptors (Lipinski definition) is 3. The predicted molar refractivity (Wildman–Crippen MR) is 66.9 cm³/mol. The van der Waals surface area contributed by atoms with E-state index in [1.54, 1.807) is 6.20 Å². The van der Waals surface area contributed by atoms with E-state index < -0.39 is 0 Å². The van der Waals surface area contributed by atoms with E-state index >= 15 is 0 Å². The molecule has 0 aromatic carbocycles. The Kier molecular flexibility index (Phi) is 3.44.